The van der Waals surface area contributed by atoms with Crippen molar-refractivity contribution in [2.24, 2.45) is 17.3 Å². The lowest BCUT2D eigenvalue weighted by Gasteiger charge is -2.15. The molecule has 0 saturated heterocycles. The van der Waals surface area contributed by atoms with Gasteiger partial charge >= 0.3 is 5.97 Å². The molecule has 2 saturated carbocycles. The van der Waals surface area contributed by atoms with Crippen LogP contribution in [0, 0.1) is 17.3 Å². The molecule has 1 N–H and O–H groups in total. The number of rotatable bonds is 4. The Labute approximate surface area is 73.0 Å². The third-order valence-electron chi connectivity index (χ3n) is 3.45. The average Bonchev–Trinajstić information content (AvgIpc) is 2.84. The van der Waals surface area contributed by atoms with E-state index in [1.165, 1.54) is 12.8 Å². The monoisotopic (exact) mass is 168 g/mol. The zero-order chi connectivity index (χ0) is 8.77. The number of hydrogen-bond acceptors (Lipinski definition) is 1. The summed E-state index contributed by atoms with van der Waals surface area (Å²) in [5.41, 5.74) is -0.290. The van der Waals surface area contributed by atoms with E-state index < -0.39 is 5.97 Å². The van der Waals surface area contributed by atoms with Crippen LogP contribution in [0.15, 0.2) is 0 Å². The molecular weight excluding hydrogens is 152 g/mol. The van der Waals surface area contributed by atoms with Crippen molar-refractivity contribution in [3.05, 3.63) is 0 Å². The lowest BCUT2D eigenvalue weighted by Crippen LogP contribution is -2.18. The molecule has 1 unspecified atom stereocenters. The zero-order valence-corrected chi connectivity index (χ0v) is 7.55. The summed E-state index contributed by atoms with van der Waals surface area (Å²) in [7, 11) is 0. The van der Waals surface area contributed by atoms with Crippen LogP contribution in [0.1, 0.15) is 39.0 Å². The first kappa shape index (κ1) is 8.09. The van der Waals surface area contributed by atoms with Crippen molar-refractivity contribution >= 4 is 5.97 Å². The largest absolute Gasteiger partial charge is 0.481 e. The van der Waals surface area contributed by atoms with Gasteiger partial charge in [0.1, 0.15) is 0 Å². The van der Waals surface area contributed by atoms with Crippen molar-refractivity contribution in [2.45, 2.75) is 39.0 Å². The zero-order valence-electron chi connectivity index (χ0n) is 7.55. The summed E-state index contributed by atoms with van der Waals surface area (Å²) in [5, 5.41) is 8.95. The smallest absolute Gasteiger partial charge is 0.309 e. The molecule has 2 nitrogen and oxygen atoms in total. The summed E-state index contributed by atoms with van der Waals surface area (Å²) in [4.78, 5) is 10.9. The first-order valence-corrected chi connectivity index (χ1v) is 4.87. The molecule has 0 aliphatic heterocycles. The molecule has 1 atom stereocenters. The van der Waals surface area contributed by atoms with Crippen LogP contribution in [0.25, 0.3) is 0 Å². The van der Waals surface area contributed by atoms with Gasteiger partial charge in [-0.1, -0.05) is 6.92 Å². The van der Waals surface area contributed by atoms with Gasteiger partial charge in [-0.2, -0.15) is 0 Å². The highest BCUT2D eigenvalue weighted by Crippen LogP contribution is 2.54. The van der Waals surface area contributed by atoms with E-state index in [0.29, 0.717) is 5.92 Å². The minimum absolute atomic E-state index is 0.290. The van der Waals surface area contributed by atoms with Crippen LogP contribution in [0.3, 0.4) is 0 Å². The summed E-state index contributed by atoms with van der Waals surface area (Å²) >= 11 is 0. The molecule has 2 aliphatic rings. The predicted octanol–water partition coefficient (Wildman–Crippen LogP) is 2.29. The van der Waals surface area contributed by atoms with Crippen molar-refractivity contribution in [2.75, 3.05) is 0 Å². The Balaban J connectivity index is 1.88. The Morgan fingerprint density at radius 3 is 2.50 bits per heavy atom. The van der Waals surface area contributed by atoms with Crippen LogP contribution >= 0.6 is 0 Å². The Morgan fingerprint density at radius 1 is 1.58 bits per heavy atom. The van der Waals surface area contributed by atoms with Gasteiger partial charge in [-0.15, -0.1) is 0 Å². The van der Waals surface area contributed by atoms with Gasteiger partial charge in [0.2, 0.25) is 0 Å². The molecule has 68 valence electrons. The van der Waals surface area contributed by atoms with Crippen LogP contribution < -0.4 is 0 Å². The first-order chi connectivity index (χ1) is 5.64. The molecule has 0 aromatic heterocycles. The molecule has 0 heterocycles. The SMILES string of the molecule is CC(CC1(C(=O)O)CC1)C1CC1. The molecule has 2 rings (SSSR count). The quantitative estimate of drug-likeness (QED) is 0.699. The number of carboxylic acid groups (broad SMARTS) is 1. The summed E-state index contributed by atoms with van der Waals surface area (Å²) in [6.45, 7) is 2.21. The van der Waals surface area contributed by atoms with Crippen LogP contribution in [-0.4, -0.2) is 11.1 Å². The Bertz CT molecular complexity index is 202. The second-order valence-corrected chi connectivity index (χ2v) is 4.60. The topological polar surface area (TPSA) is 37.3 Å². The van der Waals surface area contributed by atoms with E-state index in [2.05, 4.69) is 6.92 Å². The van der Waals surface area contributed by atoms with E-state index in [-0.39, 0.29) is 5.41 Å². The second kappa shape index (κ2) is 2.48. The van der Waals surface area contributed by atoms with E-state index in [4.69, 9.17) is 5.11 Å². The van der Waals surface area contributed by atoms with Crippen molar-refractivity contribution in [3.63, 3.8) is 0 Å². The van der Waals surface area contributed by atoms with Gasteiger partial charge in [0.25, 0.3) is 0 Å². The molecule has 2 fully saturated rings. The fourth-order valence-corrected chi connectivity index (χ4v) is 2.10. The lowest BCUT2D eigenvalue weighted by atomic mass is 9.90. The van der Waals surface area contributed by atoms with Crippen LogP contribution in [0.5, 0.6) is 0 Å². The highest BCUT2D eigenvalue weighted by molar-refractivity contribution is 5.77. The van der Waals surface area contributed by atoms with Crippen molar-refractivity contribution < 1.29 is 9.90 Å². The van der Waals surface area contributed by atoms with Gasteiger partial charge < -0.3 is 5.11 Å². The maximum Gasteiger partial charge on any atom is 0.309 e. The summed E-state index contributed by atoms with van der Waals surface area (Å²) < 4.78 is 0. The molecule has 2 aliphatic carbocycles. The standard InChI is InChI=1S/C10H16O2/c1-7(8-2-3-8)6-10(4-5-10)9(11)12/h7-8H,2-6H2,1H3,(H,11,12). The molecular formula is C10H16O2. The molecule has 0 radical (unpaired) electrons. The van der Waals surface area contributed by atoms with Crippen LogP contribution in [0.2, 0.25) is 0 Å². The molecule has 0 spiro atoms. The second-order valence-electron chi connectivity index (χ2n) is 4.60. The average molecular weight is 168 g/mol. The minimum atomic E-state index is -0.560. The molecule has 0 bridgehead atoms. The van der Waals surface area contributed by atoms with Gasteiger partial charge in [-0.05, 0) is 43.9 Å². The number of carboxylic acids is 1. The molecule has 0 aromatic carbocycles. The number of aliphatic carboxylic acids is 1. The van der Waals surface area contributed by atoms with Gasteiger partial charge in [-0.3, -0.25) is 4.79 Å². The van der Waals surface area contributed by atoms with E-state index in [0.717, 1.165) is 25.2 Å². The Hall–Kier alpha value is -0.530. The summed E-state index contributed by atoms with van der Waals surface area (Å²) in [6.07, 6.45) is 5.42. The lowest BCUT2D eigenvalue weighted by molar-refractivity contribution is -0.144. The molecule has 2 heteroatoms. The van der Waals surface area contributed by atoms with Crippen molar-refractivity contribution in [1.82, 2.24) is 0 Å². The maximum atomic E-state index is 10.9. The highest BCUT2D eigenvalue weighted by atomic mass is 16.4. The highest BCUT2D eigenvalue weighted by Gasteiger charge is 2.51. The number of carbonyl (C=O) groups is 1. The molecule has 0 aromatic rings. The van der Waals surface area contributed by atoms with E-state index in [1.807, 2.05) is 0 Å². The van der Waals surface area contributed by atoms with Gasteiger partial charge in [0, 0.05) is 0 Å². The predicted molar refractivity (Wildman–Crippen MR) is 45.8 cm³/mol. The maximum absolute atomic E-state index is 10.9. The van der Waals surface area contributed by atoms with E-state index >= 15 is 0 Å². The Morgan fingerprint density at radius 2 is 2.17 bits per heavy atom. The Kier molecular flexibility index (Phi) is 1.67. The first-order valence-electron chi connectivity index (χ1n) is 4.87. The normalized spacial score (nSPS) is 28.1. The van der Waals surface area contributed by atoms with Gasteiger partial charge in [0.15, 0.2) is 0 Å². The van der Waals surface area contributed by atoms with Crippen LogP contribution in [-0.2, 0) is 4.79 Å². The van der Waals surface area contributed by atoms with Crippen LogP contribution in [0.4, 0.5) is 0 Å². The van der Waals surface area contributed by atoms with Crippen molar-refractivity contribution in [3.8, 4) is 0 Å². The van der Waals surface area contributed by atoms with E-state index in [1.54, 1.807) is 0 Å². The summed E-state index contributed by atoms with van der Waals surface area (Å²) in [6, 6.07) is 0. The number of hydrogen-bond donors (Lipinski definition) is 1. The fraction of sp³-hybridized carbons (Fsp3) is 0.900. The fourth-order valence-electron chi connectivity index (χ4n) is 2.10. The summed E-state index contributed by atoms with van der Waals surface area (Å²) in [5.74, 6) is 0.931. The molecule has 0 amide bonds. The third kappa shape index (κ3) is 1.35. The van der Waals surface area contributed by atoms with Gasteiger partial charge in [0.05, 0.1) is 5.41 Å². The van der Waals surface area contributed by atoms with Crippen molar-refractivity contribution in [1.29, 1.82) is 0 Å². The van der Waals surface area contributed by atoms with E-state index in [9.17, 15) is 4.79 Å². The molecule has 12 heavy (non-hydrogen) atoms. The van der Waals surface area contributed by atoms with Gasteiger partial charge in [-0.25, -0.2) is 0 Å². The minimum Gasteiger partial charge on any atom is -0.481 e. The third-order valence-corrected chi connectivity index (χ3v) is 3.45.